The van der Waals surface area contributed by atoms with Crippen LogP contribution in [-0.2, 0) is 6.54 Å². The van der Waals surface area contributed by atoms with Crippen LogP contribution in [0.15, 0.2) is 30.5 Å². The number of anilines is 1. The summed E-state index contributed by atoms with van der Waals surface area (Å²) in [7, 11) is 1.56. The molecule has 0 unspecified atom stereocenters. The van der Waals surface area contributed by atoms with E-state index in [2.05, 4.69) is 10.3 Å². The van der Waals surface area contributed by atoms with Gasteiger partial charge in [-0.3, -0.25) is 0 Å². The fourth-order valence-electron chi connectivity index (χ4n) is 2.04. The molecule has 21 heavy (non-hydrogen) atoms. The topological polar surface area (TPSA) is 71.5 Å². The van der Waals surface area contributed by atoms with Gasteiger partial charge in [-0.25, -0.2) is 9.78 Å². The van der Waals surface area contributed by atoms with Gasteiger partial charge in [-0.1, -0.05) is 17.7 Å². The Kier molecular flexibility index (Phi) is 4.65. The van der Waals surface area contributed by atoms with Gasteiger partial charge < -0.3 is 15.2 Å². The number of hydrogen-bond acceptors (Lipinski definition) is 4. The lowest BCUT2D eigenvalue weighted by atomic mass is 10.1. The van der Waals surface area contributed by atoms with Crippen molar-refractivity contribution < 1.29 is 14.6 Å². The van der Waals surface area contributed by atoms with Crippen molar-refractivity contribution in [3.8, 4) is 5.75 Å². The minimum absolute atomic E-state index is 0.156. The van der Waals surface area contributed by atoms with Gasteiger partial charge in [0.2, 0.25) is 0 Å². The molecule has 0 aliphatic rings. The number of aromatic nitrogens is 1. The quantitative estimate of drug-likeness (QED) is 0.886. The maximum absolute atomic E-state index is 11.3. The van der Waals surface area contributed by atoms with Gasteiger partial charge in [0.05, 0.1) is 7.11 Å². The van der Waals surface area contributed by atoms with Crippen LogP contribution in [0, 0.1) is 6.92 Å². The number of aromatic carboxylic acids is 1. The van der Waals surface area contributed by atoms with Crippen molar-refractivity contribution in [2.75, 3.05) is 12.4 Å². The first-order valence-electron chi connectivity index (χ1n) is 6.28. The number of nitrogens with one attached hydrogen (secondary N) is 1. The smallest absolute Gasteiger partial charge is 0.339 e. The molecule has 0 spiro atoms. The third-order valence-electron chi connectivity index (χ3n) is 3.10. The molecule has 2 N–H and O–H groups in total. The SMILES string of the molecule is COc1cccc(Cl)c1CNc1nccc(C)c1C(=O)O. The van der Waals surface area contributed by atoms with Crippen LogP contribution in [0.1, 0.15) is 21.5 Å². The molecular weight excluding hydrogens is 292 g/mol. The van der Waals surface area contributed by atoms with Gasteiger partial charge in [0.1, 0.15) is 17.1 Å². The van der Waals surface area contributed by atoms with E-state index in [1.165, 1.54) is 0 Å². The molecule has 0 atom stereocenters. The van der Waals surface area contributed by atoms with Gasteiger partial charge in [0, 0.05) is 23.3 Å². The van der Waals surface area contributed by atoms with Crippen molar-refractivity contribution >= 4 is 23.4 Å². The minimum atomic E-state index is -1.02. The normalized spacial score (nSPS) is 10.2. The highest BCUT2D eigenvalue weighted by Crippen LogP contribution is 2.27. The molecule has 0 saturated heterocycles. The first kappa shape index (κ1) is 15.1. The summed E-state index contributed by atoms with van der Waals surface area (Å²) >= 11 is 6.15. The van der Waals surface area contributed by atoms with Gasteiger partial charge >= 0.3 is 5.97 Å². The Labute approximate surface area is 127 Å². The molecule has 0 aliphatic heterocycles. The zero-order chi connectivity index (χ0) is 15.4. The van der Waals surface area contributed by atoms with Crippen LogP contribution < -0.4 is 10.1 Å². The van der Waals surface area contributed by atoms with Crippen molar-refractivity contribution in [3.05, 3.63) is 52.2 Å². The van der Waals surface area contributed by atoms with Crippen LogP contribution in [0.4, 0.5) is 5.82 Å². The second-order valence-electron chi connectivity index (χ2n) is 4.43. The maximum atomic E-state index is 11.3. The molecule has 0 aliphatic carbocycles. The average molecular weight is 307 g/mol. The lowest BCUT2D eigenvalue weighted by molar-refractivity contribution is 0.0697. The van der Waals surface area contributed by atoms with E-state index in [1.807, 2.05) is 0 Å². The maximum Gasteiger partial charge on any atom is 0.339 e. The standard InChI is InChI=1S/C15H15ClN2O3/c1-9-6-7-17-14(13(9)15(19)20)18-8-10-11(16)4-3-5-12(10)21-2/h3-7H,8H2,1-2H3,(H,17,18)(H,19,20). The van der Waals surface area contributed by atoms with Crippen molar-refractivity contribution in [2.45, 2.75) is 13.5 Å². The Bertz CT molecular complexity index is 674. The van der Waals surface area contributed by atoms with E-state index in [1.54, 1.807) is 44.5 Å². The minimum Gasteiger partial charge on any atom is -0.496 e. The summed E-state index contributed by atoms with van der Waals surface area (Å²) in [4.78, 5) is 15.4. The third-order valence-corrected chi connectivity index (χ3v) is 3.46. The highest BCUT2D eigenvalue weighted by molar-refractivity contribution is 6.31. The Hall–Kier alpha value is -2.27. The summed E-state index contributed by atoms with van der Waals surface area (Å²) < 4.78 is 5.25. The number of ether oxygens (including phenoxy) is 1. The number of pyridine rings is 1. The van der Waals surface area contributed by atoms with Crippen LogP contribution in [0.25, 0.3) is 0 Å². The van der Waals surface area contributed by atoms with Gasteiger partial charge in [-0.05, 0) is 30.7 Å². The molecule has 6 heteroatoms. The molecule has 2 aromatic rings. The number of nitrogens with zero attached hydrogens (tertiary/aromatic N) is 1. The van der Waals surface area contributed by atoms with E-state index >= 15 is 0 Å². The second kappa shape index (κ2) is 6.45. The number of carboxylic acid groups (broad SMARTS) is 1. The molecule has 1 aromatic heterocycles. The zero-order valence-electron chi connectivity index (χ0n) is 11.7. The molecule has 0 fully saturated rings. The van der Waals surface area contributed by atoms with Crippen LogP contribution >= 0.6 is 11.6 Å². The Balaban J connectivity index is 2.29. The van der Waals surface area contributed by atoms with Crippen LogP contribution in [0.2, 0.25) is 5.02 Å². The number of benzene rings is 1. The zero-order valence-corrected chi connectivity index (χ0v) is 12.4. The fourth-order valence-corrected chi connectivity index (χ4v) is 2.27. The highest BCUT2D eigenvalue weighted by atomic mass is 35.5. The number of rotatable bonds is 5. The van der Waals surface area contributed by atoms with E-state index in [4.69, 9.17) is 16.3 Å². The molecule has 0 bridgehead atoms. The molecular formula is C15H15ClN2O3. The summed E-state index contributed by atoms with van der Waals surface area (Å²) in [6.07, 6.45) is 1.56. The molecule has 5 nitrogen and oxygen atoms in total. The molecule has 1 aromatic carbocycles. The lowest BCUT2D eigenvalue weighted by Gasteiger charge is -2.13. The first-order valence-corrected chi connectivity index (χ1v) is 6.66. The van der Waals surface area contributed by atoms with Crippen molar-refractivity contribution in [3.63, 3.8) is 0 Å². The Morgan fingerprint density at radius 1 is 1.43 bits per heavy atom. The van der Waals surface area contributed by atoms with E-state index < -0.39 is 5.97 Å². The van der Waals surface area contributed by atoms with Crippen LogP contribution in [-0.4, -0.2) is 23.2 Å². The van der Waals surface area contributed by atoms with Gasteiger partial charge in [0.15, 0.2) is 0 Å². The molecule has 0 saturated carbocycles. The first-order chi connectivity index (χ1) is 10.0. The van der Waals surface area contributed by atoms with E-state index in [0.717, 1.165) is 5.56 Å². The number of hydrogen-bond donors (Lipinski definition) is 2. The highest BCUT2D eigenvalue weighted by Gasteiger charge is 2.15. The summed E-state index contributed by atoms with van der Waals surface area (Å²) in [5.41, 5.74) is 1.55. The van der Waals surface area contributed by atoms with Gasteiger partial charge in [0.25, 0.3) is 0 Å². The lowest BCUT2D eigenvalue weighted by Crippen LogP contribution is -2.10. The summed E-state index contributed by atoms with van der Waals surface area (Å²) in [6, 6.07) is 7.00. The van der Waals surface area contributed by atoms with Crippen molar-refractivity contribution in [1.29, 1.82) is 0 Å². The molecule has 1 heterocycles. The molecule has 0 radical (unpaired) electrons. The monoisotopic (exact) mass is 306 g/mol. The van der Waals surface area contributed by atoms with E-state index in [9.17, 15) is 9.90 Å². The largest absolute Gasteiger partial charge is 0.496 e. The molecule has 2 rings (SSSR count). The fraction of sp³-hybridized carbons (Fsp3) is 0.200. The van der Waals surface area contributed by atoms with Gasteiger partial charge in [-0.2, -0.15) is 0 Å². The summed E-state index contributed by atoms with van der Waals surface area (Å²) in [5, 5.41) is 12.8. The number of halogens is 1. The number of methoxy groups -OCH3 is 1. The second-order valence-corrected chi connectivity index (χ2v) is 4.84. The van der Waals surface area contributed by atoms with Gasteiger partial charge in [-0.15, -0.1) is 0 Å². The van der Waals surface area contributed by atoms with Crippen LogP contribution in [0.3, 0.4) is 0 Å². The third kappa shape index (κ3) is 3.25. The predicted molar refractivity (Wildman–Crippen MR) is 81.3 cm³/mol. The Morgan fingerprint density at radius 3 is 2.86 bits per heavy atom. The number of carbonyl (C=O) groups is 1. The predicted octanol–water partition coefficient (Wildman–Crippen LogP) is 3.36. The molecule has 0 amide bonds. The molecule has 110 valence electrons. The van der Waals surface area contributed by atoms with Crippen molar-refractivity contribution in [2.24, 2.45) is 0 Å². The average Bonchev–Trinajstić information content (AvgIpc) is 2.45. The number of carboxylic acids is 1. The van der Waals surface area contributed by atoms with Crippen molar-refractivity contribution in [1.82, 2.24) is 4.98 Å². The summed E-state index contributed by atoms with van der Waals surface area (Å²) in [6.45, 7) is 2.05. The Morgan fingerprint density at radius 2 is 2.19 bits per heavy atom. The number of aryl methyl sites for hydroxylation is 1. The van der Waals surface area contributed by atoms with E-state index in [-0.39, 0.29) is 5.56 Å². The van der Waals surface area contributed by atoms with Crippen LogP contribution in [0.5, 0.6) is 5.75 Å². The van der Waals surface area contributed by atoms with E-state index in [0.29, 0.717) is 28.7 Å². The summed E-state index contributed by atoms with van der Waals surface area (Å²) in [5.74, 6) is -0.0711.